The Labute approximate surface area is 177 Å². The minimum Gasteiger partial charge on any atom is -0.489 e. The van der Waals surface area contributed by atoms with Crippen molar-refractivity contribution in [1.29, 1.82) is 0 Å². The highest BCUT2D eigenvalue weighted by Crippen LogP contribution is 2.30. The van der Waals surface area contributed by atoms with E-state index in [0.29, 0.717) is 6.61 Å². The number of pyridine rings is 1. The number of aromatic nitrogens is 1. The van der Waals surface area contributed by atoms with Gasteiger partial charge in [-0.05, 0) is 60.9 Å². The van der Waals surface area contributed by atoms with Gasteiger partial charge in [0.1, 0.15) is 12.4 Å². The molecule has 2 heterocycles. The number of hydrogen-bond acceptors (Lipinski definition) is 4. The number of rotatable bonds is 7. The van der Waals surface area contributed by atoms with Gasteiger partial charge in [0.15, 0.2) is 0 Å². The van der Waals surface area contributed by atoms with Crippen molar-refractivity contribution in [1.82, 2.24) is 4.98 Å². The Morgan fingerprint density at radius 1 is 1.20 bits per heavy atom. The van der Waals surface area contributed by atoms with Gasteiger partial charge in [-0.2, -0.15) is 0 Å². The summed E-state index contributed by atoms with van der Waals surface area (Å²) in [5.74, 6) is 0.631. The average Bonchev–Trinajstić information content (AvgIpc) is 3.20. The van der Waals surface area contributed by atoms with Crippen molar-refractivity contribution in [3.63, 3.8) is 0 Å². The lowest BCUT2D eigenvalue weighted by Crippen LogP contribution is -2.19. The first kappa shape index (κ1) is 19.7. The summed E-state index contributed by atoms with van der Waals surface area (Å²) in [6.07, 6.45) is 7.95. The second-order valence-corrected chi connectivity index (χ2v) is 7.21. The maximum Gasteiger partial charge on any atom is 0.248 e. The van der Waals surface area contributed by atoms with Crippen LogP contribution in [0.4, 0.5) is 11.4 Å². The van der Waals surface area contributed by atoms with E-state index in [2.05, 4.69) is 34.3 Å². The van der Waals surface area contributed by atoms with Gasteiger partial charge in [0.25, 0.3) is 0 Å². The number of benzene rings is 2. The fourth-order valence-electron chi connectivity index (χ4n) is 3.53. The van der Waals surface area contributed by atoms with E-state index in [1.807, 2.05) is 42.5 Å². The van der Waals surface area contributed by atoms with Crippen LogP contribution in [0.15, 0.2) is 73.1 Å². The molecule has 152 valence electrons. The normalized spacial score (nSPS) is 12.8. The van der Waals surface area contributed by atoms with Crippen LogP contribution in [0.2, 0.25) is 0 Å². The molecule has 1 amide bonds. The third-order valence-electron chi connectivity index (χ3n) is 5.16. The molecule has 0 spiro atoms. The number of carbonyl (C=O) groups excluding carboxylic acids is 1. The van der Waals surface area contributed by atoms with Crippen LogP contribution in [0.25, 0.3) is 6.08 Å². The lowest BCUT2D eigenvalue weighted by molar-refractivity contribution is -0.111. The van der Waals surface area contributed by atoms with E-state index in [9.17, 15) is 4.79 Å². The molecular weight excluding hydrogens is 374 g/mol. The van der Waals surface area contributed by atoms with Crippen molar-refractivity contribution in [3.05, 3.63) is 89.8 Å². The van der Waals surface area contributed by atoms with E-state index in [1.54, 1.807) is 24.5 Å². The zero-order valence-electron chi connectivity index (χ0n) is 17.0. The van der Waals surface area contributed by atoms with E-state index in [1.165, 1.54) is 11.3 Å². The summed E-state index contributed by atoms with van der Waals surface area (Å²) in [5.41, 5.74) is 5.34. The van der Waals surface area contributed by atoms with Gasteiger partial charge in [0, 0.05) is 48.5 Å². The minimum atomic E-state index is -0.145. The quantitative estimate of drug-likeness (QED) is 0.586. The van der Waals surface area contributed by atoms with Crippen LogP contribution < -0.4 is 15.0 Å². The largest absolute Gasteiger partial charge is 0.489 e. The predicted molar refractivity (Wildman–Crippen MR) is 121 cm³/mol. The summed E-state index contributed by atoms with van der Waals surface area (Å²) in [5, 5.41) is 2.95. The lowest BCUT2D eigenvalue weighted by atomic mass is 10.1. The Morgan fingerprint density at radius 2 is 2.07 bits per heavy atom. The van der Waals surface area contributed by atoms with Crippen LogP contribution >= 0.6 is 0 Å². The fraction of sp³-hybridized carbons (Fsp3) is 0.200. The molecule has 2 aromatic carbocycles. The Morgan fingerprint density at radius 3 is 2.83 bits per heavy atom. The van der Waals surface area contributed by atoms with Gasteiger partial charge < -0.3 is 15.0 Å². The average molecular weight is 399 g/mol. The molecule has 0 unspecified atom stereocenters. The number of nitrogens with one attached hydrogen (secondary N) is 1. The molecule has 4 rings (SSSR count). The first-order valence-corrected chi connectivity index (χ1v) is 10.2. The van der Waals surface area contributed by atoms with Crippen LogP contribution in [-0.4, -0.2) is 24.0 Å². The van der Waals surface area contributed by atoms with Gasteiger partial charge in [0.2, 0.25) is 5.91 Å². The molecule has 0 fully saturated rings. The highest BCUT2D eigenvalue weighted by molar-refractivity contribution is 6.02. The Balaban J connectivity index is 1.32. The molecule has 0 radical (unpaired) electrons. The number of hydrogen-bond donors (Lipinski definition) is 1. The smallest absolute Gasteiger partial charge is 0.248 e. The zero-order valence-corrected chi connectivity index (χ0v) is 17.0. The summed E-state index contributed by atoms with van der Waals surface area (Å²) in [7, 11) is 0. The van der Waals surface area contributed by atoms with Crippen molar-refractivity contribution >= 4 is 23.4 Å². The van der Waals surface area contributed by atoms with Gasteiger partial charge in [-0.3, -0.25) is 9.78 Å². The fourth-order valence-corrected chi connectivity index (χ4v) is 3.53. The molecule has 3 aromatic rings. The monoisotopic (exact) mass is 399 g/mol. The predicted octanol–water partition coefficient (Wildman–Crippen LogP) is 4.69. The number of likely N-dealkylation sites (N-methyl/N-ethyl adjacent to an activating group) is 1. The van der Waals surface area contributed by atoms with Crippen molar-refractivity contribution in [2.45, 2.75) is 20.0 Å². The SMILES string of the molecule is CCN1CCc2ccc(NC(=O)/C=C/c3ccc(OCc4cccnc4)cc3)cc21. The number of amides is 1. The molecule has 0 bridgehead atoms. The molecule has 1 aliphatic heterocycles. The lowest BCUT2D eigenvalue weighted by Gasteiger charge is -2.17. The van der Waals surface area contributed by atoms with Crippen molar-refractivity contribution in [2.75, 3.05) is 23.3 Å². The van der Waals surface area contributed by atoms with E-state index in [0.717, 1.165) is 42.1 Å². The van der Waals surface area contributed by atoms with Crippen molar-refractivity contribution in [3.8, 4) is 5.75 Å². The molecule has 1 aliphatic rings. The summed E-state index contributed by atoms with van der Waals surface area (Å²) in [6, 6.07) is 17.7. The maximum absolute atomic E-state index is 12.3. The highest BCUT2D eigenvalue weighted by atomic mass is 16.5. The van der Waals surface area contributed by atoms with E-state index < -0.39 is 0 Å². The van der Waals surface area contributed by atoms with Gasteiger partial charge in [-0.25, -0.2) is 0 Å². The van der Waals surface area contributed by atoms with E-state index in [-0.39, 0.29) is 5.91 Å². The molecule has 5 nitrogen and oxygen atoms in total. The molecule has 5 heteroatoms. The van der Waals surface area contributed by atoms with E-state index >= 15 is 0 Å². The number of carbonyl (C=O) groups is 1. The highest BCUT2D eigenvalue weighted by Gasteiger charge is 2.17. The molecule has 0 saturated carbocycles. The summed E-state index contributed by atoms with van der Waals surface area (Å²) in [4.78, 5) is 18.7. The van der Waals surface area contributed by atoms with Gasteiger partial charge >= 0.3 is 0 Å². The standard InChI is InChI=1S/C25H25N3O2/c1-2-28-15-13-21-8-9-22(16-24(21)28)27-25(29)12-7-19-5-10-23(11-6-19)30-18-20-4-3-14-26-17-20/h3-12,14,16-17H,2,13,15,18H2,1H3,(H,27,29)/b12-7+. The van der Waals surface area contributed by atoms with Gasteiger partial charge in [-0.1, -0.05) is 24.3 Å². The molecule has 0 atom stereocenters. The molecule has 30 heavy (non-hydrogen) atoms. The van der Waals surface area contributed by atoms with Crippen molar-refractivity contribution in [2.24, 2.45) is 0 Å². The Hall–Kier alpha value is -3.60. The first-order chi connectivity index (χ1) is 14.7. The Kier molecular flexibility index (Phi) is 6.09. The molecular formula is C25H25N3O2. The van der Waals surface area contributed by atoms with E-state index in [4.69, 9.17) is 4.74 Å². The minimum absolute atomic E-state index is 0.145. The van der Waals surface area contributed by atoms with Crippen LogP contribution in [0, 0.1) is 0 Å². The second kappa shape index (κ2) is 9.27. The number of ether oxygens (including phenoxy) is 1. The first-order valence-electron chi connectivity index (χ1n) is 10.2. The van der Waals surface area contributed by atoms with Crippen LogP contribution in [0.1, 0.15) is 23.6 Å². The van der Waals surface area contributed by atoms with Gasteiger partial charge in [0.05, 0.1) is 0 Å². The number of nitrogens with zero attached hydrogens (tertiary/aromatic N) is 2. The van der Waals surface area contributed by atoms with Crippen LogP contribution in [0.5, 0.6) is 5.75 Å². The third-order valence-corrected chi connectivity index (χ3v) is 5.16. The van der Waals surface area contributed by atoms with Crippen molar-refractivity contribution < 1.29 is 9.53 Å². The third kappa shape index (κ3) is 4.87. The van der Waals surface area contributed by atoms with Crippen LogP contribution in [-0.2, 0) is 17.8 Å². The summed E-state index contributed by atoms with van der Waals surface area (Å²) in [6.45, 7) is 4.65. The number of anilines is 2. The maximum atomic E-state index is 12.3. The summed E-state index contributed by atoms with van der Waals surface area (Å²) < 4.78 is 5.76. The zero-order chi connectivity index (χ0) is 20.8. The van der Waals surface area contributed by atoms with Gasteiger partial charge in [-0.15, -0.1) is 0 Å². The molecule has 1 N–H and O–H groups in total. The molecule has 0 saturated heterocycles. The number of fused-ring (bicyclic) bond motifs is 1. The summed E-state index contributed by atoms with van der Waals surface area (Å²) >= 11 is 0. The topological polar surface area (TPSA) is 54.5 Å². The molecule has 0 aliphatic carbocycles. The second-order valence-electron chi connectivity index (χ2n) is 7.21. The molecule has 1 aromatic heterocycles. The van der Waals surface area contributed by atoms with Crippen LogP contribution in [0.3, 0.4) is 0 Å². The Bertz CT molecular complexity index is 1030.